The minimum Gasteiger partial charge on any atom is -0.392 e. The van der Waals surface area contributed by atoms with Gasteiger partial charge in [0.1, 0.15) is 12.2 Å². The van der Waals surface area contributed by atoms with E-state index in [1.165, 1.54) is 6.92 Å². The lowest BCUT2D eigenvalue weighted by atomic mass is 10.0. The number of carbonyl (C=O) groups excluding carboxylic acids is 1. The van der Waals surface area contributed by atoms with Gasteiger partial charge in [-0.3, -0.25) is 4.79 Å². The summed E-state index contributed by atoms with van der Waals surface area (Å²) in [4.78, 5) is 10.6. The van der Waals surface area contributed by atoms with Crippen molar-refractivity contribution in [3.8, 4) is 0 Å². The number of hydrogen-bond donors (Lipinski definition) is 3. The molecule has 0 aliphatic heterocycles. The van der Waals surface area contributed by atoms with Gasteiger partial charge in [-0.1, -0.05) is 6.08 Å². The molecule has 0 aromatic rings. The van der Waals surface area contributed by atoms with Crippen molar-refractivity contribution in [3.05, 3.63) is 24.3 Å². The Kier molecular flexibility index (Phi) is 5.22. The van der Waals surface area contributed by atoms with E-state index in [4.69, 9.17) is 10.2 Å². The zero-order valence-corrected chi connectivity index (χ0v) is 7.47. The number of rotatable bonds is 5. The second-order valence-corrected chi connectivity index (χ2v) is 2.66. The Hall–Kier alpha value is -0.970. The average molecular weight is 186 g/mol. The second-order valence-electron chi connectivity index (χ2n) is 2.66. The first kappa shape index (κ1) is 12.0. The second kappa shape index (κ2) is 5.64. The Morgan fingerprint density at radius 1 is 1.54 bits per heavy atom. The van der Waals surface area contributed by atoms with Crippen LogP contribution in [0, 0.1) is 0 Å². The van der Waals surface area contributed by atoms with E-state index >= 15 is 0 Å². The van der Waals surface area contributed by atoms with Crippen molar-refractivity contribution in [2.75, 3.05) is 6.61 Å². The van der Waals surface area contributed by atoms with E-state index in [9.17, 15) is 9.90 Å². The predicted molar refractivity (Wildman–Crippen MR) is 48.1 cm³/mol. The number of ketones is 1. The normalized spacial score (nSPS) is 16.5. The molecule has 0 unspecified atom stereocenters. The van der Waals surface area contributed by atoms with Gasteiger partial charge in [0.2, 0.25) is 0 Å². The first-order valence-corrected chi connectivity index (χ1v) is 3.83. The largest absolute Gasteiger partial charge is 0.392 e. The standard InChI is InChI=1S/C9H14O4/c1-3-8(12)9(13)7(5-10)4-6(2)11/h3-4,8-10,12-13H,1,5H2,2H3/b7-4-/t8-,9+/m1/s1. The van der Waals surface area contributed by atoms with Crippen molar-refractivity contribution in [3.63, 3.8) is 0 Å². The summed E-state index contributed by atoms with van der Waals surface area (Å²) in [6.07, 6.45) is -0.213. The number of aliphatic hydroxyl groups excluding tert-OH is 3. The molecule has 13 heavy (non-hydrogen) atoms. The molecule has 4 heteroatoms. The molecule has 0 aromatic heterocycles. The Labute approximate surface area is 76.8 Å². The first-order valence-electron chi connectivity index (χ1n) is 3.83. The van der Waals surface area contributed by atoms with Crippen LogP contribution in [0.15, 0.2) is 24.3 Å². The molecule has 0 aliphatic carbocycles. The van der Waals surface area contributed by atoms with Crippen LogP contribution in [0.4, 0.5) is 0 Å². The molecule has 0 bridgehead atoms. The van der Waals surface area contributed by atoms with E-state index in [0.717, 1.165) is 12.2 Å². The molecule has 4 nitrogen and oxygen atoms in total. The Balaban J connectivity index is 4.57. The molecule has 0 radical (unpaired) electrons. The van der Waals surface area contributed by atoms with Gasteiger partial charge < -0.3 is 15.3 Å². The van der Waals surface area contributed by atoms with Gasteiger partial charge in [0.25, 0.3) is 0 Å². The summed E-state index contributed by atoms with van der Waals surface area (Å²) in [6.45, 7) is 4.10. The van der Waals surface area contributed by atoms with Gasteiger partial charge in [-0.2, -0.15) is 0 Å². The topological polar surface area (TPSA) is 77.8 Å². The maximum Gasteiger partial charge on any atom is 0.152 e. The van der Waals surface area contributed by atoms with Crippen LogP contribution in [0.25, 0.3) is 0 Å². The molecular weight excluding hydrogens is 172 g/mol. The van der Waals surface area contributed by atoms with Crippen molar-refractivity contribution in [2.45, 2.75) is 19.1 Å². The highest BCUT2D eigenvalue weighted by Gasteiger charge is 2.17. The number of allylic oxidation sites excluding steroid dienone is 1. The van der Waals surface area contributed by atoms with Gasteiger partial charge in [0, 0.05) is 0 Å². The van der Waals surface area contributed by atoms with Crippen molar-refractivity contribution in [1.29, 1.82) is 0 Å². The fraction of sp³-hybridized carbons (Fsp3) is 0.444. The lowest BCUT2D eigenvalue weighted by Crippen LogP contribution is -2.27. The number of aliphatic hydroxyl groups is 3. The van der Waals surface area contributed by atoms with Crippen LogP contribution in [0.1, 0.15) is 6.92 Å². The number of hydrogen-bond acceptors (Lipinski definition) is 4. The molecule has 0 fully saturated rings. The smallest absolute Gasteiger partial charge is 0.152 e. The van der Waals surface area contributed by atoms with Crippen LogP contribution in [0.2, 0.25) is 0 Å². The summed E-state index contributed by atoms with van der Waals surface area (Å²) >= 11 is 0. The van der Waals surface area contributed by atoms with Gasteiger partial charge >= 0.3 is 0 Å². The van der Waals surface area contributed by atoms with E-state index in [-0.39, 0.29) is 11.4 Å². The van der Waals surface area contributed by atoms with Crippen molar-refractivity contribution in [2.24, 2.45) is 0 Å². The summed E-state index contributed by atoms with van der Waals surface area (Å²) in [7, 11) is 0. The quantitative estimate of drug-likeness (QED) is 0.396. The van der Waals surface area contributed by atoms with E-state index in [1.807, 2.05) is 0 Å². The van der Waals surface area contributed by atoms with Crippen LogP contribution in [0.3, 0.4) is 0 Å². The molecular formula is C9H14O4. The summed E-state index contributed by atoms with van der Waals surface area (Å²) in [5, 5.41) is 27.2. The van der Waals surface area contributed by atoms with Gasteiger partial charge in [-0.05, 0) is 18.6 Å². The average Bonchev–Trinajstić information content (AvgIpc) is 2.11. The lowest BCUT2D eigenvalue weighted by Gasteiger charge is -2.15. The minimum atomic E-state index is -1.27. The van der Waals surface area contributed by atoms with Crippen LogP contribution in [-0.4, -0.2) is 39.9 Å². The van der Waals surface area contributed by atoms with Gasteiger partial charge in [-0.25, -0.2) is 0 Å². The molecule has 74 valence electrons. The van der Waals surface area contributed by atoms with Crippen LogP contribution in [-0.2, 0) is 4.79 Å². The molecule has 0 rings (SSSR count). The number of carbonyl (C=O) groups is 1. The highest BCUT2D eigenvalue weighted by molar-refractivity contribution is 5.88. The highest BCUT2D eigenvalue weighted by atomic mass is 16.3. The van der Waals surface area contributed by atoms with Gasteiger partial charge in [0.05, 0.1) is 6.61 Å². The monoisotopic (exact) mass is 186 g/mol. The molecule has 0 aromatic carbocycles. The molecule has 0 spiro atoms. The summed E-state index contributed by atoms with van der Waals surface area (Å²) in [5.41, 5.74) is 0.0832. The Morgan fingerprint density at radius 3 is 2.38 bits per heavy atom. The molecule has 0 saturated carbocycles. The van der Waals surface area contributed by atoms with Crippen LogP contribution >= 0.6 is 0 Å². The van der Waals surface area contributed by atoms with E-state index in [0.29, 0.717) is 0 Å². The van der Waals surface area contributed by atoms with Crippen LogP contribution < -0.4 is 0 Å². The molecule has 0 saturated heterocycles. The van der Waals surface area contributed by atoms with E-state index < -0.39 is 18.8 Å². The Morgan fingerprint density at radius 2 is 2.08 bits per heavy atom. The minimum absolute atomic E-state index is 0.0832. The lowest BCUT2D eigenvalue weighted by molar-refractivity contribution is -0.112. The fourth-order valence-electron chi connectivity index (χ4n) is 0.834. The van der Waals surface area contributed by atoms with E-state index in [2.05, 4.69) is 6.58 Å². The Bertz CT molecular complexity index is 220. The summed E-state index contributed by atoms with van der Waals surface area (Å²) in [5.74, 6) is -0.292. The van der Waals surface area contributed by atoms with Crippen molar-refractivity contribution >= 4 is 5.78 Å². The third-order valence-electron chi connectivity index (χ3n) is 1.52. The van der Waals surface area contributed by atoms with E-state index in [1.54, 1.807) is 0 Å². The molecule has 0 heterocycles. The zero-order valence-electron chi connectivity index (χ0n) is 7.47. The van der Waals surface area contributed by atoms with Crippen molar-refractivity contribution < 1.29 is 20.1 Å². The van der Waals surface area contributed by atoms with Crippen LogP contribution in [0.5, 0.6) is 0 Å². The SMILES string of the molecule is C=C[C@@H](O)[C@@H](O)/C(=C\C(C)=O)CO. The zero-order chi connectivity index (χ0) is 10.4. The first-order chi connectivity index (χ1) is 6.02. The summed E-state index contributed by atoms with van der Waals surface area (Å²) < 4.78 is 0. The molecule has 0 aliphatic rings. The third kappa shape index (κ3) is 3.98. The molecule has 3 N–H and O–H groups in total. The molecule has 0 amide bonds. The highest BCUT2D eigenvalue weighted by Crippen LogP contribution is 2.07. The maximum absolute atomic E-state index is 10.6. The predicted octanol–water partition coefficient (Wildman–Crippen LogP) is -0.598. The third-order valence-corrected chi connectivity index (χ3v) is 1.52. The fourth-order valence-corrected chi connectivity index (χ4v) is 0.834. The maximum atomic E-state index is 10.6. The van der Waals surface area contributed by atoms with Crippen molar-refractivity contribution in [1.82, 2.24) is 0 Å². The van der Waals surface area contributed by atoms with Gasteiger partial charge in [-0.15, -0.1) is 6.58 Å². The van der Waals surface area contributed by atoms with Gasteiger partial charge in [0.15, 0.2) is 5.78 Å². The summed E-state index contributed by atoms with van der Waals surface area (Å²) in [6, 6.07) is 0. The molecule has 2 atom stereocenters.